The minimum Gasteiger partial charge on any atom is -0.367 e. The molecule has 2 aromatic rings. The van der Waals surface area contributed by atoms with Crippen molar-refractivity contribution in [2.75, 3.05) is 44.2 Å². The first-order chi connectivity index (χ1) is 13.8. The zero-order valence-electron chi connectivity index (χ0n) is 15.9. The molecule has 0 atom stereocenters. The van der Waals surface area contributed by atoms with Crippen LogP contribution in [-0.2, 0) is 6.18 Å². The molecule has 29 heavy (non-hydrogen) atoms. The van der Waals surface area contributed by atoms with Gasteiger partial charge in [0, 0.05) is 38.3 Å². The molecule has 0 radical (unpaired) electrons. The van der Waals surface area contributed by atoms with Crippen molar-refractivity contribution in [3.63, 3.8) is 0 Å². The Labute approximate surface area is 167 Å². The monoisotopic (exact) mass is 409 g/mol. The van der Waals surface area contributed by atoms with Crippen LogP contribution in [-0.4, -0.2) is 50.1 Å². The summed E-state index contributed by atoms with van der Waals surface area (Å²) < 4.78 is 52.1. The Hall–Kier alpha value is -2.61. The molecule has 2 aromatic carbocycles. The predicted octanol–water partition coefficient (Wildman–Crippen LogP) is 3.79. The van der Waals surface area contributed by atoms with Crippen LogP contribution < -0.4 is 10.2 Å². The molecule has 1 heterocycles. The number of piperazine rings is 1. The molecule has 1 aliphatic heterocycles. The summed E-state index contributed by atoms with van der Waals surface area (Å²) in [7, 11) is 0. The number of amides is 1. The van der Waals surface area contributed by atoms with Crippen molar-refractivity contribution in [2.45, 2.75) is 12.6 Å². The second-order valence-electron chi connectivity index (χ2n) is 6.97. The van der Waals surface area contributed by atoms with Gasteiger partial charge < -0.3 is 10.2 Å². The van der Waals surface area contributed by atoms with Crippen molar-refractivity contribution < 1.29 is 22.4 Å². The van der Waals surface area contributed by atoms with Gasteiger partial charge in [-0.1, -0.05) is 18.2 Å². The summed E-state index contributed by atoms with van der Waals surface area (Å²) in [6.45, 7) is 4.15. The average Bonchev–Trinajstić information content (AvgIpc) is 2.71. The SMILES string of the molecule is O=C(NCCCN1CCN(c2ccccc2F)CC1)c1cccc(C(F)(F)F)c1. The van der Waals surface area contributed by atoms with E-state index in [0.29, 0.717) is 18.7 Å². The molecule has 0 aliphatic carbocycles. The van der Waals surface area contributed by atoms with Gasteiger partial charge in [0.15, 0.2) is 0 Å². The first kappa shape index (κ1) is 21.1. The molecule has 0 bridgehead atoms. The summed E-state index contributed by atoms with van der Waals surface area (Å²) in [6.07, 6.45) is -3.79. The number of carbonyl (C=O) groups is 1. The van der Waals surface area contributed by atoms with Crippen LogP contribution >= 0.6 is 0 Å². The van der Waals surface area contributed by atoms with Gasteiger partial charge in [0.1, 0.15) is 5.82 Å². The highest BCUT2D eigenvalue weighted by Gasteiger charge is 2.30. The van der Waals surface area contributed by atoms with Crippen molar-refractivity contribution in [1.29, 1.82) is 0 Å². The zero-order valence-corrected chi connectivity index (χ0v) is 15.9. The van der Waals surface area contributed by atoms with Gasteiger partial charge in [0.25, 0.3) is 5.91 Å². The number of carbonyl (C=O) groups excluding carboxylic acids is 1. The molecule has 4 nitrogen and oxygen atoms in total. The van der Waals surface area contributed by atoms with Crippen molar-refractivity contribution in [3.05, 3.63) is 65.5 Å². The predicted molar refractivity (Wildman–Crippen MR) is 103 cm³/mol. The molecule has 1 N–H and O–H groups in total. The van der Waals surface area contributed by atoms with Gasteiger partial charge in [-0.25, -0.2) is 4.39 Å². The molecule has 1 amide bonds. The van der Waals surface area contributed by atoms with Crippen molar-refractivity contribution in [1.82, 2.24) is 10.2 Å². The number of alkyl halides is 3. The lowest BCUT2D eigenvalue weighted by molar-refractivity contribution is -0.137. The maximum absolute atomic E-state index is 13.9. The van der Waals surface area contributed by atoms with E-state index in [2.05, 4.69) is 10.2 Å². The van der Waals surface area contributed by atoms with Crippen LogP contribution in [0.25, 0.3) is 0 Å². The van der Waals surface area contributed by atoms with Crippen LogP contribution in [0.4, 0.5) is 23.2 Å². The van der Waals surface area contributed by atoms with E-state index < -0.39 is 17.6 Å². The summed E-state index contributed by atoms with van der Waals surface area (Å²) in [5.41, 5.74) is -0.225. The first-order valence-corrected chi connectivity index (χ1v) is 9.52. The number of halogens is 4. The number of hydrogen-bond donors (Lipinski definition) is 1. The van der Waals surface area contributed by atoms with Crippen molar-refractivity contribution in [2.24, 2.45) is 0 Å². The van der Waals surface area contributed by atoms with Gasteiger partial charge in [-0.15, -0.1) is 0 Å². The third-order valence-corrected chi connectivity index (χ3v) is 4.95. The third kappa shape index (κ3) is 5.69. The molecule has 1 aliphatic rings. The van der Waals surface area contributed by atoms with Crippen molar-refractivity contribution in [3.8, 4) is 0 Å². The van der Waals surface area contributed by atoms with Gasteiger partial charge in [0.2, 0.25) is 0 Å². The summed E-state index contributed by atoms with van der Waals surface area (Å²) in [5.74, 6) is -0.737. The number of hydrogen-bond acceptors (Lipinski definition) is 3. The van der Waals surface area contributed by atoms with E-state index in [9.17, 15) is 22.4 Å². The Balaban J connectivity index is 1.39. The fourth-order valence-corrected chi connectivity index (χ4v) is 3.36. The minimum absolute atomic E-state index is 0.00155. The van der Waals surface area contributed by atoms with Crippen LogP contribution in [0, 0.1) is 5.82 Å². The summed E-state index contributed by atoms with van der Waals surface area (Å²) in [6, 6.07) is 11.1. The largest absolute Gasteiger partial charge is 0.416 e. The standard InChI is InChI=1S/C21H23F4N3O/c22-18-7-1-2-8-19(18)28-13-11-27(12-14-28)10-4-9-26-20(29)16-5-3-6-17(15-16)21(23,24)25/h1-3,5-8,15H,4,9-14H2,(H,26,29). The number of anilines is 1. The second kappa shape index (κ2) is 9.26. The molecular weight excluding hydrogens is 386 g/mol. The van der Waals surface area contributed by atoms with E-state index in [1.807, 2.05) is 11.0 Å². The van der Waals surface area contributed by atoms with E-state index in [1.54, 1.807) is 12.1 Å². The van der Waals surface area contributed by atoms with Gasteiger partial charge in [-0.2, -0.15) is 13.2 Å². The second-order valence-corrected chi connectivity index (χ2v) is 6.97. The Morgan fingerprint density at radius 2 is 1.72 bits per heavy atom. The smallest absolute Gasteiger partial charge is 0.367 e. The first-order valence-electron chi connectivity index (χ1n) is 9.52. The van der Waals surface area contributed by atoms with E-state index in [4.69, 9.17) is 0 Å². The van der Waals surface area contributed by atoms with Gasteiger partial charge in [-0.3, -0.25) is 9.69 Å². The molecular formula is C21H23F4N3O. The lowest BCUT2D eigenvalue weighted by Crippen LogP contribution is -2.47. The van der Waals surface area contributed by atoms with Gasteiger partial charge >= 0.3 is 6.18 Å². The fraction of sp³-hybridized carbons (Fsp3) is 0.381. The molecule has 1 fully saturated rings. The molecule has 1 saturated heterocycles. The summed E-state index contributed by atoms with van der Waals surface area (Å²) >= 11 is 0. The number of nitrogens with zero attached hydrogens (tertiary/aromatic N) is 2. The normalized spacial score (nSPS) is 15.4. The highest BCUT2D eigenvalue weighted by molar-refractivity contribution is 5.94. The van der Waals surface area contributed by atoms with Crippen LogP contribution in [0.5, 0.6) is 0 Å². The Morgan fingerprint density at radius 3 is 2.41 bits per heavy atom. The van der Waals surface area contributed by atoms with Crippen LogP contribution in [0.15, 0.2) is 48.5 Å². The minimum atomic E-state index is -4.47. The van der Waals surface area contributed by atoms with E-state index in [-0.39, 0.29) is 11.4 Å². The Morgan fingerprint density at radius 1 is 1.00 bits per heavy atom. The highest BCUT2D eigenvalue weighted by Crippen LogP contribution is 2.29. The number of nitrogens with one attached hydrogen (secondary N) is 1. The van der Waals surface area contributed by atoms with Gasteiger partial charge in [0.05, 0.1) is 11.3 Å². The van der Waals surface area contributed by atoms with E-state index >= 15 is 0 Å². The highest BCUT2D eigenvalue weighted by atomic mass is 19.4. The lowest BCUT2D eigenvalue weighted by Gasteiger charge is -2.36. The van der Waals surface area contributed by atoms with Crippen molar-refractivity contribution >= 4 is 11.6 Å². The topological polar surface area (TPSA) is 35.6 Å². The van der Waals surface area contributed by atoms with E-state index in [0.717, 1.165) is 44.9 Å². The lowest BCUT2D eigenvalue weighted by atomic mass is 10.1. The summed E-state index contributed by atoms with van der Waals surface area (Å²) in [5, 5.41) is 2.67. The molecule has 156 valence electrons. The summed E-state index contributed by atoms with van der Waals surface area (Å²) in [4.78, 5) is 16.3. The average molecular weight is 409 g/mol. The molecule has 0 aromatic heterocycles. The fourth-order valence-electron chi connectivity index (χ4n) is 3.36. The van der Waals surface area contributed by atoms with Gasteiger partial charge in [-0.05, 0) is 43.3 Å². The Bertz CT molecular complexity index is 833. The van der Waals surface area contributed by atoms with Crippen LogP contribution in [0.1, 0.15) is 22.3 Å². The number of para-hydroxylation sites is 1. The quantitative estimate of drug-likeness (QED) is 0.583. The molecule has 0 unspecified atom stereocenters. The maximum atomic E-state index is 13.9. The zero-order chi connectivity index (χ0) is 20.9. The third-order valence-electron chi connectivity index (χ3n) is 4.95. The molecule has 0 spiro atoms. The maximum Gasteiger partial charge on any atom is 0.416 e. The Kier molecular flexibility index (Phi) is 6.74. The molecule has 3 rings (SSSR count). The molecule has 0 saturated carbocycles. The van der Waals surface area contributed by atoms with Crippen LogP contribution in [0.3, 0.4) is 0 Å². The number of benzene rings is 2. The van der Waals surface area contributed by atoms with Crippen LogP contribution in [0.2, 0.25) is 0 Å². The van der Waals surface area contributed by atoms with E-state index in [1.165, 1.54) is 18.2 Å². The number of rotatable bonds is 6. The molecule has 8 heteroatoms.